The van der Waals surface area contributed by atoms with E-state index in [0.29, 0.717) is 11.1 Å². The van der Waals surface area contributed by atoms with E-state index in [0.717, 1.165) is 61.0 Å². The van der Waals surface area contributed by atoms with E-state index >= 15 is 0 Å². The SMILES string of the molecule is N#Cc1ccc(-n2c3ccccc3c3cccc(C#N)c32)c(-c2cccc(-n3c4ccccc4c4cc(-n5c6ccccc6c6ccccc65)ccc43)c2)c1. The van der Waals surface area contributed by atoms with Crippen molar-refractivity contribution in [2.24, 2.45) is 0 Å². The van der Waals surface area contributed by atoms with Crippen LogP contribution >= 0.6 is 0 Å². The number of aromatic nitrogens is 3. The highest BCUT2D eigenvalue weighted by Crippen LogP contribution is 2.40. The molecule has 0 unspecified atom stereocenters. The van der Waals surface area contributed by atoms with Gasteiger partial charge in [0.2, 0.25) is 0 Å². The minimum atomic E-state index is 0.569. The Hall–Kier alpha value is -7.86. The van der Waals surface area contributed by atoms with E-state index in [1.54, 1.807) is 0 Å². The Labute approximate surface area is 316 Å². The molecule has 0 aliphatic carbocycles. The number of nitrogens with zero attached hydrogens (tertiary/aromatic N) is 5. The lowest BCUT2D eigenvalue weighted by Gasteiger charge is -2.16. The summed E-state index contributed by atoms with van der Waals surface area (Å²) in [6.45, 7) is 0. The van der Waals surface area contributed by atoms with Crippen LogP contribution in [0.3, 0.4) is 0 Å². The molecule has 254 valence electrons. The second-order valence-corrected chi connectivity index (χ2v) is 14.0. The van der Waals surface area contributed by atoms with Gasteiger partial charge in [-0.3, -0.25) is 0 Å². The van der Waals surface area contributed by atoms with Gasteiger partial charge >= 0.3 is 0 Å². The average Bonchev–Trinajstić information content (AvgIpc) is 3.89. The summed E-state index contributed by atoms with van der Waals surface area (Å²) in [4.78, 5) is 0. The summed E-state index contributed by atoms with van der Waals surface area (Å²) in [7, 11) is 0. The molecule has 0 fully saturated rings. The smallest absolute Gasteiger partial charge is 0.101 e. The van der Waals surface area contributed by atoms with Gasteiger partial charge in [-0.15, -0.1) is 0 Å². The molecule has 0 saturated heterocycles. The fourth-order valence-corrected chi connectivity index (χ4v) is 8.78. The van der Waals surface area contributed by atoms with Crippen LogP contribution in [0.2, 0.25) is 0 Å². The summed E-state index contributed by atoms with van der Waals surface area (Å²) < 4.78 is 6.89. The van der Waals surface area contributed by atoms with Crippen LogP contribution in [0, 0.1) is 22.7 Å². The molecule has 0 aliphatic rings. The molecule has 3 heterocycles. The van der Waals surface area contributed by atoms with Gasteiger partial charge < -0.3 is 13.7 Å². The number of para-hydroxylation sites is 5. The molecular weight excluding hydrogens is 671 g/mol. The molecule has 0 amide bonds. The van der Waals surface area contributed by atoms with Crippen molar-refractivity contribution in [2.75, 3.05) is 0 Å². The maximum absolute atomic E-state index is 10.3. The third-order valence-corrected chi connectivity index (χ3v) is 11.1. The van der Waals surface area contributed by atoms with E-state index in [1.807, 2.05) is 42.5 Å². The van der Waals surface area contributed by atoms with Crippen LogP contribution < -0.4 is 0 Å². The number of rotatable bonds is 4. The van der Waals surface area contributed by atoms with Crippen LogP contribution in [0.15, 0.2) is 176 Å². The molecule has 0 radical (unpaired) electrons. The van der Waals surface area contributed by atoms with Crippen LogP contribution in [0.5, 0.6) is 0 Å². The lowest BCUT2D eigenvalue weighted by molar-refractivity contribution is 1.16. The summed E-state index contributed by atoms with van der Waals surface area (Å²) in [5.74, 6) is 0. The van der Waals surface area contributed by atoms with Gasteiger partial charge in [0, 0.05) is 49.3 Å². The summed E-state index contributed by atoms with van der Waals surface area (Å²) in [5.41, 5.74) is 12.5. The predicted molar refractivity (Wildman–Crippen MR) is 224 cm³/mol. The minimum Gasteiger partial charge on any atom is -0.309 e. The average molecular weight is 700 g/mol. The number of nitriles is 2. The number of fused-ring (bicyclic) bond motifs is 9. The second kappa shape index (κ2) is 11.8. The molecule has 0 atom stereocenters. The van der Waals surface area contributed by atoms with E-state index in [9.17, 15) is 10.5 Å². The molecule has 55 heavy (non-hydrogen) atoms. The fraction of sp³-hybridized carbons (Fsp3) is 0. The first-order valence-corrected chi connectivity index (χ1v) is 18.3. The van der Waals surface area contributed by atoms with Crippen molar-refractivity contribution in [1.82, 2.24) is 13.7 Å². The van der Waals surface area contributed by atoms with Crippen molar-refractivity contribution in [3.8, 4) is 40.3 Å². The van der Waals surface area contributed by atoms with E-state index < -0.39 is 0 Å². The van der Waals surface area contributed by atoms with E-state index in [1.165, 1.54) is 32.6 Å². The fourth-order valence-electron chi connectivity index (χ4n) is 8.78. The van der Waals surface area contributed by atoms with Gasteiger partial charge in [-0.1, -0.05) is 97.1 Å². The molecule has 5 heteroatoms. The highest BCUT2D eigenvalue weighted by molar-refractivity contribution is 6.13. The van der Waals surface area contributed by atoms with Crippen molar-refractivity contribution >= 4 is 65.4 Å². The number of benzene rings is 8. The Balaban J connectivity index is 1.14. The largest absolute Gasteiger partial charge is 0.309 e. The molecule has 3 aromatic heterocycles. The Morgan fingerprint density at radius 1 is 0.364 bits per heavy atom. The lowest BCUT2D eigenvalue weighted by atomic mass is 10.00. The van der Waals surface area contributed by atoms with Gasteiger partial charge in [-0.2, -0.15) is 10.5 Å². The zero-order valence-electron chi connectivity index (χ0n) is 29.5. The topological polar surface area (TPSA) is 62.4 Å². The summed E-state index contributed by atoms with van der Waals surface area (Å²) in [5, 5.41) is 27.3. The molecule has 0 aliphatic heterocycles. The van der Waals surface area contributed by atoms with Crippen LogP contribution in [0.4, 0.5) is 0 Å². The second-order valence-electron chi connectivity index (χ2n) is 14.0. The normalized spacial score (nSPS) is 11.6. The summed E-state index contributed by atoms with van der Waals surface area (Å²) in [6.07, 6.45) is 0. The van der Waals surface area contributed by atoms with E-state index in [-0.39, 0.29) is 0 Å². The number of hydrogen-bond donors (Lipinski definition) is 0. The van der Waals surface area contributed by atoms with E-state index in [2.05, 4.69) is 159 Å². The molecular formula is C50H29N5. The van der Waals surface area contributed by atoms with Crippen molar-refractivity contribution in [3.63, 3.8) is 0 Å². The minimum absolute atomic E-state index is 0.569. The molecule has 0 saturated carbocycles. The molecule has 0 bridgehead atoms. The quantitative estimate of drug-likeness (QED) is 0.184. The maximum atomic E-state index is 10.3. The summed E-state index contributed by atoms with van der Waals surface area (Å²) >= 11 is 0. The van der Waals surface area contributed by atoms with Gasteiger partial charge in [0.25, 0.3) is 0 Å². The Bertz CT molecular complexity index is 3420. The molecule has 0 N–H and O–H groups in total. The van der Waals surface area contributed by atoms with Crippen molar-refractivity contribution in [3.05, 3.63) is 187 Å². The predicted octanol–water partition coefficient (Wildman–Crippen LogP) is 12.4. The molecule has 11 aromatic rings. The van der Waals surface area contributed by atoms with E-state index in [4.69, 9.17) is 0 Å². The van der Waals surface area contributed by atoms with Gasteiger partial charge in [0.05, 0.1) is 56.0 Å². The molecule has 5 nitrogen and oxygen atoms in total. The van der Waals surface area contributed by atoms with Crippen LogP contribution in [0.25, 0.3) is 93.6 Å². The highest BCUT2D eigenvalue weighted by atomic mass is 15.0. The lowest BCUT2D eigenvalue weighted by Crippen LogP contribution is -2.00. The number of hydrogen-bond acceptors (Lipinski definition) is 2. The van der Waals surface area contributed by atoms with Gasteiger partial charge in [-0.25, -0.2) is 0 Å². The first-order valence-electron chi connectivity index (χ1n) is 18.3. The van der Waals surface area contributed by atoms with Crippen molar-refractivity contribution < 1.29 is 0 Å². The Kier molecular flexibility index (Phi) is 6.61. The molecule has 11 rings (SSSR count). The van der Waals surface area contributed by atoms with Crippen LogP contribution in [0.1, 0.15) is 11.1 Å². The van der Waals surface area contributed by atoms with Gasteiger partial charge in [-0.05, 0) is 84.4 Å². The zero-order valence-corrected chi connectivity index (χ0v) is 29.5. The first-order chi connectivity index (χ1) is 27.2. The van der Waals surface area contributed by atoms with Crippen molar-refractivity contribution in [2.45, 2.75) is 0 Å². The standard InChI is InChI=1S/C50H29N5/c51-30-32-23-25-48(55-47-22-8-3-16-39(47)41-18-10-12-34(31-52)50(41)55)42(27-32)33-11-9-13-35(28-33)53-46-21-7-4-17-40(46)43-29-36(24-26-49(43)53)54-44-19-5-1-14-37(44)38-15-2-6-20-45(38)54/h1-29H. The Morgan fingerprint density at radius 2 is 0.891 bits per heavy atom. The summed E-state index contributed by atoms with van der Waals surface area (Å²) in [6, 6.07) is 66.0. The molecule has 0 spiro atoms. The van der Waals surface area contributed by atoms with Crippen LogP contribution in [-0.2, 0) is 0 Å². The van der Waals surface area contributed by atoms with Gasteiger partial charge in [0.1, 0.15) is 6.07 Å². The van der Waals surface area contributed by atoms with Crippen LogP contribution in [-0.4, -0.2) is 13.7 Å². The van der Waals surface area contributed by atoms with Crippen molar-refractivity contribution in [1.29, 1.82) is 10.5 Å². The maximum Gasteiger partial charge on any atom is 0.101 e. The first kappa shape index (κ1) is 30.7. The monoisotopic (exact) mass is 699 g/mol. The third-order valence-electron chi connectivity index (χ3n) is 11.1. The molecule has 8 aromatic carbocycles. The Morgan fingerprint density at radius 3 is 1.53 bits per heavy atom. The van der Waals surface area contributed by atoms with Gasteiger partial charge in [0.15, 0.2) is 0 Å². The third kappa shape index (κ3) is 4.45. The highest BCUT2D eigenvalue weighted by Gasteiger charge is 2.20. The zero-order chi connectivity index (χ0) is 36.6.